The van der Waals surface area contributed by atoms with Crippen LogP contribution in [0.5, 0.6) is 0 Å². The van der Waals surface area contributed by atoms with Gasteiger partial charge in [-0.15, -0.1) is 5.10 Å². The summed E-state index contributed by atoms with van der Waals surface area (Å²) in [5, 5.41) is 7.97. The molecule has 0 aliphatic rings. The third kappa shape index (κ3) is 3.48. The Hall–Kier alpha value is -2.17. The van der Waals surface area contributed by atoms with E-state index in [-0.39, 0.29) is 5.69 Å². The molecule has 1 aromatic heterocycles. The van der Waals surface area contributed by atoms with Gasteiger partial charge in [-0.1, -0.05) is 30.7 Å². The molecule has 0 fully saturated rings. The zero-order chi connectivity index (χ0) is 15.2. The Labute approximate surface area is 124 Å². The van der Waals surface area contributed by atoms with E-state index in [0.29, 0.717) is 12.3 Å². The van der Waals surface area contributed by atoms with Gasteiger partial charge < -0.3 is 4.74 Å². The second-order valence-electron chi connectivity index (χ2n) is 4.93. The van der Waals surface area contributed by atoms with Crippen LogP contribution < -0.4 is 0 Å². The summed E-state index contributed by atoms with van der Waals surface area (Å²) in [5.74, 6) is -0.430. The van der Waals surface area contributed by atoms with Gasteiger partial charge in [-0.25, -0.2) is 9.48 Å². The molecule has 0 aliphatic heterocycles. The van der Waals surface area contributed by atoms with Gasteiger partial charge in [-0.2, -0.15) is 0 Å². The highest BCUT2D eigenvalue weighted by molar-refractivity contribution is 5.88. The number of unbranched alkanes of at least 4 members (excludes halogenated alkanes) is 1. The fourth-order valence-corrected chi connectivity index (χ4v) is 2.15. The fraction of sp³-hybridized carbons (Fsp3) is 0.438. The number of hydrogen-bond acceptors (Lipinski definition) is 4. The average Bonchev–Trinajstić information content (AvgIpc) is 2.88. The van der Waals surface area contributed by atoms with Crippen molar-refractivity contribution in [2.24, 2.45) is 0 Å². The normalized spacial score (nSPS) is 10.6. The van der Waals surface area contributed by atoms with Crippen molar-refractivity contribution in [3.8, 4) is 5.69 Å². The quantitative estimate of drug-likeness (QED) is 0.766. The third-order valence-electron chi connectivity index (χ3n) is 3.36. The number of carbonyl (C=O) groups excluding carboxylic acids is 1. The maximum atomic E-state index is 11.7. The Bertz CT molecular complexity index is 602. The molecule has 2 aromatic rings. The molecular weight excluding hydrogens is 266 g/mol. The van der Waals surface area contributed by atoms with E-state index in [1.165, 1.54) is 18.4 Å². The molecule has 0 spiro atoms. The van der Waals surface area contributed by atoms with Crippen molar-refractivity contribution >= 4 is 5.97 Å². The van der Waals surface area contributed by atoms with E-state index >= 15 is 0 Å². The van der Waals surface area contributed by atoms with Gasteiger partial charge in [0.1, 0.15) is 0 Å². The minimum absolute atomic E-state index is 0.270. The molecule has 0 radical (unpaired) electrons. The van der Waals surface area contributed by atoms with E-state index in [2.05, 4.69) is 29.4 Å². The first-order valence-electron chi connectivity index (χ1n) is 7.36. The highest BCUT2D eigenvalue weighted by Crippen LogP contribution is 2.15. The number of aromatic nitrogens is 3. The highest BCUT2D eigenvalue weighted by atomic mass is 16.5. The fourth-order valence-electron chi connectivity index (χ4n) is 2.15. The van der Waals surface area contributed by atoms with Crippen molar-refractivity contribution in [1.29, 1.82) is 0 Å². The monoisotopic (exact) mass is 287 g/mol. The van der Waals surface area contributed by atoms with Gasteiger partial charge >= 0.3 is 5.97 Å². The first-order valence-corrected chi connectivity index (χ1v) is 7.36. The predicted molar refractivity (Wildman–Crippen MR) is 80.7 cm³/mol. The molecule has 0 unspecified atom stereocenters. The third-order valence-corrected chi connectivity index (χ3v) is 3.36. The van der Waals surface area contributed by atoms with Crippen molar-refractivity contribution in [2.75, 3.05) is 6.61 Å². The molecular formula is C16H21N3O2. The van der Waals surface area contributed by atoms with Crippen LogP contribution in [0.4, 0.5) is 0 Å². The van der Waals surface area contributed by atoms with Gasteiger partial charge in [0.25, 0.3) is 0 Å². The van der Waals surface area contributed by atoms with Crippen LogP contribution in [0.25, 0.3) is 5.69 Å². The van der Waals surface area contributed by atoms with E-state index in [1.54, 1.807) is 11.6 Å². The summed E-state index contributed by atoms with van der Waals surface area (Å²) in [6.07, 6.45) is 3.46. The van der Waals surface area contributed by atoms with E-state index in [9.17, 15) is 4.79 Å². The summed E-state index contributed by atoms with van der Waals surface area (Å²) in [4.78, 5) is 11.7. The summed E-state index contributed by atoms with van der Waals surface area (Å²) in [5.41, 5.74) is 3.17. The molecule has 21 heavy (non-hydrogen) atoms. The zero-order valence-corrected chi connectivity index (χ0v) is 12.8. The minimum atomic E-state index is -0.430. The van der Waals surface area contributed by atoms with Gasteiger partial charge in [-0.3, -0.25) is 0 Å². The maximum Gasteiger partial charge on any atom is 0.360 e. The highest BCUT2D eigenvalue weighted by Gasteiger charge is 2.18. The Morgan fingerprint density at radius 3 is 2.57 bits per heavy atom. The molecule has 0 bridgehead atoms. The number of ether oxygens (including phenoxy) is 1. The van der Waals surface area contributed by atoms with E-state index in [1.807, 2.05) is 19.1 Å². The maximum absolute atomic E-state index is 11.7. The van der Waals surface area contributed by atoms with Crippen LogP contribution in [0.2, 0.25) is 0 Å². The van der Waals surface area contributed by atoms with Crippen molar-refractivity contribution in [1.82, 2.24) is 15.0 Å². The molecule has 1 heterocycles. The summed E-state index contributed by atoms with van der Waals surface area (Å²) in [7, 11) is 0. The van der Waals surface area contributed by atoms with E-state index in [4.69, 9.17) is 4.74 Å². The van der Waals surface area contributed by atoms with E-state index < -0.39 is 5.97 Å². The van der Waals surface area contributed by atoms with Crippen molar-refractivity contribution in [3.05, 3.63) is 41.2 Å². The van der Waals surface area contributed by atoms with Crippen LogP contribution >= 0.6 is 0 Å². The van der Waals surface area contributed by atoms with Crippen molar-refractivity contribution in [3.63, 3.8) is 0 Å². The lowest BCUT2D eigenvalue weighted by Crippen LogP contribution is -2.07. The zero-order valence-electron chi connectivity index (χ0n) is 12.8. The Morgan fingerprint density at radius 2 is 1.95 bits per heavy atom. The SMILES string of the molecule is CCCCc1ccc(-n2nnc(C(=O)OCC)c2C)cc1. The number of esters is 1. The molecule has 5 heteroatoms. The molecule has 0 aliphatic carbocycles. The lowest BCUT2D eigenvalue weighted by atomic mass is 10.1. The largest absolute Gasteiger partial charge is 0.461 e. The predicted octanol–water partition coefficient (Wildman–Crippen LogP) is 3.10. The summed E-state index contributed by atoms with van der Waals surface area (Å²) >= 11 is 0. The minimum Gasteiger partial charge on any atom is -0.461 e. The molecule has 0 amide bonds. The first kappa shape index (κ1) is 15.2. The molecule has 2 rings (SSSR count). The number of carbonyl (C=O) groups is 1. The number of nitrogens with zero attached hydrogens (tertiary/aromatic N) is 3. The molecule has 0 N–H and O–H groups in total. The van der Waals surface area contributed by atoms with Crippen LogP contribution in [0.3, 0.4) is 0 Å². The van der Waals surface area contributed by atoms with Crippen LogP contribution in [-0.2, 0) is 11.2 Å². The lowest BCUT2D eigenvalue weighted by molar-refractivity contribution is 0.0518. The van der Waals surface area contributed by atoms with Crippen LogP contribution in [0.15, 0.2) is 24.3 Å². The Morgan fingerprint density at radius 1 is 1.24 bits per heavy atom. The molecule has 1 aromatic carbocycles. The van der Waals surface area contributed by atoms with Crippen LogP contribution in [0.1, 0.15) is 48.4 Å². The Balaban J connectivity index is 2.20. The topological polar surface area (TPSA) is 57.0 Å². The molecule has 5 nitrogen and oxygen atoms in total. The summed E-state index contributed by atoms with van der Waals surface area (Å²) in [6.45, 7) is 6.10. The molecule has 0 atom stereocenters. The van der Waals surface area contributed by atoms with Crippen LogP contribution in [-0.4, -0.2) is 27.6 Å². The lowest BCUT2D eigenvalue weighted by Gasteiger charge is -2.05. The number of rotatable bonds is 6. The van der Waals surface area contributed by atoms with Gasteiger partial charge in [-0.05, 0) is 44.4 Å². The number of benzene rings is 1. The molecule has 0 saturated carbocycles. The molecule has 112 valence electrons. The Kier molecular flexibility index (Phi) is 5.09. The van der Waals surface area contributed by atoms with Gasteiger partial charge in [0, 0.05) is 0 Å². The standard InChI is InChI=1S/C16H21N3O2/c1-4-6-7-13-8-10-14(11-9-13)19-12(3)15(17-18-19)16(20)21-5-2/h8-11H,4-7H2,1-3H3. The second-order valence-corrected chi connectivity index (χ2v) is 4.93. The van der Waals surface area contributed by atoms with Crippen molar-refractivity contribution in [2.45, 2.75) is 40.0 Å². The van der Waals surface area contributed by atoms with E-state index in [0.717, 1.165) is 12.1 Å². The second kappa shape index (κ2) is 7.02. The molecule has 0 saturated heterocycles. The first-order chi connectivity index (χ1) is 10.2. The van der Waals surface area contributed by atoms with Crippen molar-refractivity contribution < 1.29 is 9.53 Å². The van der Waals surface area contributed by atoms with Gasteiger partial charge in [0.2, 0.25) is 0 Å². The average molecular weight is 287 g/mol. The smallest absolute Gasteiger partial charge is 0.360 e. The summed E-state index contributed by atoms with van der Waals surface area (Å²) in [6, 6.07) is 8.19. The van der Waals surface area contributed by atoms with Crippen LogP contribution in [0, 0.1) is 6.92 Å². The summed E-state index contributed by atoms with van der Waals surface area (Å²) < 4.78 is 6.63. The van der Waals surface area contributed by atoms with Gasteiger partial charge in [0.15, 0.2) is 5.69 Å². The number of aryl methyl sites for hydroxylation is 1. The number of hydrogen-bond donors (Lipinski definition) is 0. The van der Waals surface area contributed by atoms with Gasteiger partial charge in [0.05, 0.1) is 18.0 Å².